The van der Waals surface area contributed by atoms with E-state index < -0.39 is 24.1 Å². The second kappa shape index (κ2) is 3.92. The maximum atomic E-state index is 11.9. The van der Waals surface area contributed by atoms with E-state index in [0.717, 1.165) is 0 Å². The number of esters is 1. The Bertz CT molecular complexity index is 518. The molecule has 18 heavy (non-hydrogen) atoms. The second-order valence-electron chi connectivity index (χ2n) is 4.01. The van der Waals surface area contributed by atoms with Crippen LogP contribution < -0.4 is 0 Å². The summed E-state index contributed by atoms with van der Waals surface area (Å²) in [6.45, 7) is 0. The average molecular weight is 247 g/mol. The smallest absolute Gasteiger partial charge is 0.308 e. The van der Waals surface area contributed by atoms with Gasteiger partial charge in [-0.25, -0.2) is 4.84 Å². The highest BCUT2D eigenvalue weighted by Gasteiger charge is 2.39. The minimum absolute atomic E-state index is 0.230. The van der Waals surface area contributed by atoms with Gasteiger partial charge in [0.05, 0.1) is 17.5 Å². The molecule has 1 fully saturated rings. The van der Waals surface area contributed by atoms with Crippen LogP contribution in [-0.2, 0) is 14.4 Å². The summed E-state index contributed by atoms with van der Waals surface area (Å²) in [5, 5.41) is 0.661. The fourth-order valence-corrected chi connectivity index (χ4v) is 1.95. The summed E-state index contributed by atoms with van der Waals surface area (Å²) in [4.78, 5) is 39.9. The number of hydroxylamine groups is 2. The predicted octanol–water partition coefficient (Wildman–Crippen LogP) is 0.877. The summed E-state index contributed by atoms with van der Waals surface area (Å²) in [6.07, 6.45) is -0.292. The molecule has 3 rings (SSSR count). The molecule has 2 heterocycles. The summed E-state index contributed by atoms with van der Waals surface area (Å²) in [6, 6.07) is 6.45. The van der Waals surface area contributed by atoms with Gasteiger partial charge in [0.1, 0.15) is 0 Å². The normalized spacial score (nSPS) is 22.3. The van der Waals surface area contributed by atoms with E-state index in [1.165, 1.54) is 0 Å². The van der Waals surface area contributed by atoms with Crippen LogP contribution in [0.3, 0.4) is 0 Å². The molecular formula is C12H9NO5. The van der Waals surface area contributed by atoms with E-state index in [1.807, 2.05) is 0 Å². The molecule has 92 valence electrons. The number of nitrogens with zero attached hydrogens (tertiary/aromatic N) is 1. The minimum atomic E-state index is -0.861. The predicted molar refractivity (Wildman–Crippen MR) is 57.1 cm³/mol. The lowest BCUT2D eigenvalue weighted by molar-refractivity contribution is -0.216. The molecule has 2 amide bonds. The van der Waals surface area contributed by atoms with Gasteiger partial charge >= 0.3 is 5.97 Å². The quantitative estimate of drug-likeness (QED) is 0.573. The van der Waals surface area contributed by atoms with Gasteiger partial charge in [-0.15, -0.1) is 5.06 Å². The molecule has 0 aromatic heterocycles. The number of hydrogen-bond acceptors (Lipinski definition) is 5. The van der Waals surface area contributed by atoms with Crippen LogP contribution in [-0.4, -0.2) is 29.1 Å². The molecule has 1 aromatic carbocycles. The van der Waals surface area contributed by atoms with Crippen molar-refractivity contribution in [3.63, 3.8) is 0 Å². The molecule has 0 aliphatic carbocycles. The number of fused-ring (bicyclic) bond motifs is 1. The Morgan fingerprint density at radius 3 is 2.22 bits per heavy atom. The Morgan fingerprint density at radius 2 is 1.72 bits per heavy atom. The van der Waals surface area contributed by atoms with E-state index in [1.54, 1.807) is 24.3 Å². The monoisotopic (exact) mass is 247 g/mol. The van der Waals surface area contributed by atoms with Crippen LogP contribution in [0.25, 0.3) is 0 Å². The van der Waals surface area contributed by atoms with E-state index >= 15 is 0 Å². The first-order valence-electron chi connectivity index (χ1n) is 5.51. The molecule has 6 heteroatoms. The average Bonchev–Trinajstić information content (AvgIpc) is 2.88. The first-order chi connectivity index (χ1) is 8.66. The third-order valence-electron chi connectivity index (χ3n) is 2.83. The van der Waals surface area contributed by atoms with Gasteiger partial charge in [-0.2, -0.15) is 0 Å². The van der Waals surface area contributed by atoms with Crippen molar-refractivity contribution in [3.05, 3.63) is 35.4 Å². The van der Waals surface area contributed by atoms with Gasteiger partial charge in [-0.3, -0.25) is 14.4 Å². The van der Waals surface area contributed by atoms with Crippen molar-refractivity contribution in [3.8, 4) is 0 Å². The third kappa shape index (κ3) is 1.58. The van der Waals surface area contributed by atoms with Crippen molar-refractivity contribution in [2.75, 3.05) is 0 Å². The van der Waals surface area contributed by atoms with Gasteiger partial charge in [0.2, 0.25) is 6.29 Å². The fourth-order valence-electron chi connectivity index (χ4n) is 1.95. The molecule has 2 aliphatic heterocycles. The van der Waals surface area contributed by atoms with E-state index in [-0.39, 0.29) is 6.42 Å². The third-order valence-corrected chi connectivity index (χ3v) is 2.83. The van der Waals surface area contributed by atoms with Crippen molar-refractivity contribution in [1.29, 1.82) is 0 Å². The molecule has 0 N–H and O–H groups in total. The number of amides is 2. The summed E-state index contributed by atoms with van der Waals surface area (Å²) < 4.78 is 4.81. The van der Waals surface area contributed by atoms with Crippen LogP contribution >= 0.6 is 0 Å². The number of benzene rings is 1. The molecule has 1 saturated heterocycles. The first-order valence-corrected chi connectivity index (χ1v) is 5.51. The van der Waals surface area contributed by atoms with E-state index in [0.29, 0.717) is 22.6 Å². The molecule has 0 radical (unpaired) electrons. The Morgan fingerprint density at radius 1 is 1.11 bits per heavy atom. The number of ether oxygens (including phenoxy) is 1. The number of carbonyl (C=O) groups is 3. The van der Waals surface area contributed by atoms with Gasteiger partial charge in [0.25, 0.3) is 11.8 Å². The maximum Gasteiger partial charge on any atom is 0.308 e. The molecule has 1 aromatic rings. The van der Waals surface area contributed by atoms with Crippen molar-refractivity contribution in [1.82, 2.24) is 5.06 Å². The standard InChI is InChI=1S/C12H9NO5/c14-9-5-6-10(17-9)18-13-11(15)7-3-1-2-4-8(7)12(13)16/h1-4,10H,5-6H2. The Labute approximate surface area is 102 Å². The zero-order valence-electron chi connectivity index (χ0n) is 9.29. The first kappa shape index (κ1) is 10.9. The van der Waals surface area contributed by atoms with Crippen LogP contribution in [0.1, 0.15) is 33.6 Å². The summed E-state index contributed by atoms with van der Waals surface area (Å²) >= 11 is 0. The number of hydrogen-bond donors (Lipinski definition) is 0. The Balaban J connectivity index is 1.82. The fraction of sp³-hybridized carbons (Fsp3) is 0.250. The molecule has 0 bridgehead atoms. The summed E-state index contributed by atoms with van der Waals surface area (Å²) in [5.74, 6) is -1.45. The lowest BCUT2D eigenvalue weighted by atomic mass is 10.1. The molecule has 2 aliphatic rings. The van der Waals surface area contributed by atoms with Gasteiger partial charge in [-0.05, 0) is 12.1 Å². The van der Waals surface area contributed by atoms with Crippen LogP contribution in [0.5, 0.6) is 0 Å². The second-order valence-corrected chi connectivity index (χ2v) is 4.01. The molecule has 0 spiro atoms. The largest absolute Gasteiger partial charge is 0.433 e. The lowest BCUT2D eigenvalue weighted by Gasteiger charge is -2.17. The molecular weight excluding hydrogens is 238 g/mol. The summed E-state index contributed by atoms with van der Waals surface area (Å²) in [7, 11) is 0. The molecule has 6 nitrogen and oxygen atoms in total. The SMILES string of the molecule is O=C1CCC(ON2C(=O)c3ccccc3C2=O)O1. The van der Waals surface area contributed by atoms with E-state index in [2.05, 4.69) is 0 Å². The molecule has 1 unspecified atom stereocenters. The lowest BCUT2D eigenvalue weighted by Crippen LogP contribution is -2.34. The van der Waals surface area contributed by atoms with Crippen molar-refractivity contribution in [2.45, 2.75) is 19.1 Å². The minimum Gasteiger partial charge on any atom is -0.433 e. The highest BCUT2D eigenvalue weighted by atomic mass is 16.8. The Kier molecular flexibility index (Phi) is 2.38. The van der Waals surface area contributed by atoms with Crippen molar-refractivity contribution in [2.24, 2.45) is 0 Å². The van der Waals surface area contributed by atoms with Crippen LogP contribution in [0.4, 0.5) is 0 Å². The van der Waals surface area contributed by atoms with Crippen LogP contribution in [0.2, 0.25) is 0 Å². The zero-order chi connectivity index (χ0) is 12.7. The van der Waals surface area contributed by atoms with E-state index in [9.17, 15) is 14.4 Å². The number of imide groups is 1. The molecule has 0 saturated carbocycles. The molecule has 1 atom stereocenters. The van der Waals surface area contributed by atoms with Gasteiger partial charge in [-0.1, -0.05) is 12.1 Å². The highest BCUT2D eigenvalue weighted by Crippen LogP contribution is 2.25. The van der Waals surface area contributed by atoms with Gasteiger partial charge in [0, 0.05) is 6.42 Å². The van der Waals surface area contributed by atoms with Crippen LogP contribution in [0.15, 0.2) is 24.3 Å². The van der Waals surface area contributed by atoms with Crippen LogP contribution in [0, 0.1) is 0 Å². The number of carbonyl (C=O) groups excluding carboxylic acids is 3. The summed E-state index contributed by atoms with van der Waals surface area (Å²) in [5.41, 5.74) is 0.596. The topological polar surface area (TPSA) is 72.9 Å². The van der Waals surface area contributed by atoms with Gasteiger partial charge < -0.3 is 4.74 Å². The maximum absolute atomic E-state index is 11.9. The number of cyclic esters (lactones) is 1. The number of rotatable bonds is 2. The van der Waals surface area contributed by atoms with Gasteiger partial charge in [0.15, 0.2) is 0 Å². The highest BCUT2D eigenvalue weighted by molar-refractivity contribution is 6.20. The Hall–Kier alpha value is -2.21. The van der Waals surface area contributed by atoms with E-state index in [4.69, 9.17) is 9.57 Å². The van der Waals surface area contributed by atoms with Crippen molar-refractivity contribution < 1.29 is 24.0 Å². The van der Waals surface area contributed by atoms with Crippen molar-refractivity contribution >= 4 is 17.8 Å². The zero-order valence-corrected chi connectivity index (χ0v) is 9.29.